The number of rotatable bonds is 6. The average Bonchev–Trinajstić information content (AvgIpc) is 3.07. The largest absolute Gasteiger partial charge is 0.378 e. The van der Waals surface area contributed by atoms with Gasteiger partial charge in [-0.2, -0.15) is 0 Å². The number of carbonyl (C=O) groups excluding carboxylic acids is 4. The van der Waals surface area contributed by atoms with Crippen molar-refractivity contribution in [3.05, 3.63) is 34.9 Å². The highest BCUT2D eigenvalue weighted by Crippen LogP contribution is 2.48. The van der Waals surface area contributed by atoms with E-state index in [9.17, 15) is 19.2 Å². The molecule has 4 aliphatic rings. The van der Waals surface area contributed by atoms with Crippen molar-refractivity contribution >= 4 is 23.6 Å². The third-order valence-electron chi connectivity index (χ3n) is 7.70. The van der Waals surface area contributed by atoms with Gasteiger partial charge in [0.05, 0.1) is 17.2 Å². The van der Waals surface area contributed by atoms with Crippen LogP contribution in [0.25, 0.3) is 0 Å². The van der Waals surface area contributed by atoms with Crippen LogP contribution in [0.15, 0.2) is 18.2 Å². The molecule has 1 aromatic carbocycles. The number of ether oxygens (including phenoxy) is 1. The van der Waals surface area contributed by atoms with Gasteiger partial charge in [0.25, 0.3) is 11.8 Å². The maximum Gasteiger partial charge on any atom is 0.262 e. The minimum atomic E-state index is -0.953. The van der Waals surface area contributed by atoms with Crippen LogP contribution in [-0.4, -0.2) is 66.4 Å². The van der Waals surface area contributed by atoms with E-state index in [4.69, 9.17) is 4.74 Å². The zero-order valence-corrected chi connectivity index (χ0v) is 18.8. The lowest BCUT2D eigenvalue weighted by Gasteiger charge is -2.58. The quantitative estimate of drug-likeness (QED) is 0.543. The second-order valence-electron chi connectivity index (χ2n) is 9.41. The summed E-state index contributed by atoms with van der Waals surface area (Å²) >= 11 is 0. The monoisotopic (exact) mass is 454 g/mol. The van der Waals surface area contributed by atoms with Gasteiger partial charge >= 0.3 is 0 Å². The summed E-state index contributed by atoms with van der Waals surface area (Å²) in [6, 6.07) is 4.57. The minimum absolute atomic E-state index is 0.0464. The topological polar surface area (TPSA) is 117 Å². The molecule has 3 heterocycles. The van der Waals surface area contributed by atoms with Gasteiger partial charge in [0.15, 0.2) is 0 Å². The van der Waals surface area contributed by atoms with Crippen molar-refractivity contribution in [3.8, 4) is 0 Å². The van der Waals surface area contributed by atoms with E-state index in [1.807, 2.05) is 13.0 Å². The Balaban J connectivity index is 1.34. The molecule has 33 heavy (non-hydrogen) atoms. The smallest absolute Gasteiger partial charge is 0.262 e. The van der Waals surface area contributed by atoms with Gasteiger partial charge in [-0.25, -0.2) is 0 Å². The van der Waals surface area contributed by atoms with Crippen LogP contribution in [0, 0.1) is 5.41 Å². The second kappa shape index (κ2) is 8.62. The number of nitrogens with one attached hydrogen (secondary N) is 3. The molecule has 3 fully saturated rings. The number of benzene rings is 1. The van der Waals surface area contributed by atoms with Crippen LogP contribution in [-0.2, 0) is 20.9 Å². The molecule has 9 nitrogen and oxygen atoms in total. The molecule has 1 saturated carbocycles. The van der Waals surface area contributed by atoms with Crippen LogP contribution in [0.4, 0.5) is 0 Å². The zero-order valence-electron chi connectivity index (χ0n) is 18.8. The Morgan fingerprint density at radius 2 is 2.06 bits per heavy atom. The number of amides is 4. The SMILES string of the molecule is CCOC1CC(NCc2cccc3c2C(=O)N(C2CCC(=O)NC2=O)C3=O)C12CCCNC2. The fourth-order valence-corrected chi connectivity index (χ4v) is 5.96. The molecule has 5 rings (SSSR count). The van der Waals surface area contributed by atoms with Crippen LogP contribution in [0.1, 0.15) is 65.3 Å². The van der Waals surface area contributed by atoms with Crippen molar-refractivity contribution < 1.29 is 23.9 Å². The Morgan fingerprint density at radius 3 is 2.79 bits per heavy atom. The Hall–Kier alpha value is -2.62. The number of imide groups is 2. The van der Waals surface area contributed by atoms with E-state index in [0.29, 0.717) is 24.3 Å². The van der Waals surface area contributed by atoms with Crippen molar-refractivity contribution in [2.45, 2.75) is 63.8 Å². The van der Waals surface area contributed by atoms with Gasteiger partial charge in [0, 0.05) is 37.6 Å². The van der Waals surface area contributed by atoms with Crippen molar-refractivity contribution in [2.75, 3.05) is 19.7 Å². The standard InChI is InChI=1S/C24H30N4O5/c1-2-33-18-11-17(24(18)9-4-10-25-13-24)26-12-14-5-3-6-15-20(14)23(32)28(22(15)31)16-7-8-19(29)27-21(16)30/h3,5-6,16-18,25-26H,2,4,7-13H2,1H3,(H,27,29,30). The number of piperidine rings is 2. The molecule has 3 N–H and O–H groups in total. The summed E-state index contributed by atoms with van der Waals surface area (Å²) in [5, 5.41) is 9.38. The van der Waals surface area contributed by atoms with Gasteiger partial charge in [0.1, 0.15) is 6.04 Å². The van der Waals surface area contributed by atoms with E-state index in [1.54, 1.807) is 12.1 Å². The van der Waals surface area contributed by atoms with Crippen molar-refractivity contribution in [3.63, 3.8) is 0 Å². The molecule has 0 radical (unpaired) electrons. The molecule has 0 aromatic heterocycles. The Labute approximate surface area is 192 Å². The minimum Gasteiger partial charge on any atom is -0.378 e. The normalized spacial score (nSPS) is 31.5. The number of carbonyl (C=O) groups is 4. The molecular formula is C24H30N4O5. The first-order valence-electron chi connectivity index (χ1n) is 11.9. The third kappa shape index (κ3) is 3.59. The molecular weight excluding hydrogens is 424 g/mol. The predicted molar refractivity (Wildman–Crippen MR) is 118 cm³/mol. The highest BCUT2D eigenvalue weighted by Gasteiger charge is 2.55. The summed E-state index contributed by atoms with van der Waals surface area (Å²) in [4.78, 5) is 51.2. The molecule has 3 aliphatic heterocycles. The molecule has 176 valence electrons. The highest BCUT2D eigenvalue weighted by atomic mass is 16.5. The lowest BCUT2D eigenvalue weighted by atomic mass is 9.58. The first-order chi connectivity index (χ1) is 16.0. The summed E-state index contributed by atoms with van der Waals surface area (Å²) < 4.78 is 6.01. The van der Waals surface area contributed by atoms with Gasteiger partial charge in [-0.05, 0) is 50.8 Å². The number of hydrogen-bond acceptors (Lipinski definition) is 7. The maximum absolute atomic E-state index is 13.3. The summed E-state index contributed by atoms with van der Waals surface area (Å²) in [6.45, 7) is 5.10. The number of nitrogens with zero attached hydrogens (tertiary/aromatic N) is 1. The molecule has 1 spiro atoms. The Morgan fingerprint density at radius 1 is 1.21 bits per heavy atom. The fraction of sp³-hybridized carbons (Fsp3) is 0.583. The van der Waals surface area contributed by atoms with Gasteiger partial charge < -0.3 is 15.4 Å². The van der Waals surface area contributed by atoms with Gasteiger partial charge in [-0.1, -0.05) is 12.1 Å². The van der Waals surface area contributed by atoms with Gasteiger partial charge in [0.2, 0.25) is 11.8 Å². The Bertz CT molecular complexity index is 1000. The summed E-state index contributed by atoms with van der Waals surface area (Å²) in [5.74, 6) is -1.91. The van der Waals surface area contributed by atoms with Crippen molar-refractivity contribution in [1.82, 2.24) is 20.9 Å². The fourth-order valence-electron chi connectivity index (χ4n) is 5.96. The van der Waals surface area contributed by atoms with Crippen molar-refractivity contribution in [2.24, 2.45) is 5.41 Å². The molecule has 4 unspecified atom stereocenters. The predicted octanol–water partition coefficient (Wildman–Crippen LogP) is 0.725. The zero-order chi connectivity index (χ0) is 23.2. The van der Waals surface area contributed by atoms with Crippen LogP contribution in [0.5, 0.6) is 0 Å². The van der Waals surface area contributed by atoms with Crippen LogP contribution < -0.4 is 16.0 Å². The van der Waals surface area contributed by atoms with Gasteiger partial charge in [-0.3, -0.25) is 29.4 Å². The highest BCUT2D eigenvalue weighted by molar-refractivity contribution is 6.24. The van der Waals surface area contributed by atoms with Crippen LogP contribution in [0.3, 0.4) is 0 Å². The summed E-state index contributed by atoms with van der Waals surface area (Å²) in [5.41, 5.74) is 1.47. The second-order valence-corrected chi connectivity index (χ2v) is 9.41. The van der Waals surface area contributed by atoms with Crippen molar-refractivity contribution in [1.29, 1.82) is 0 Å². The van der Waals surface area contributed by atoms with Crippen LogP contribution >= 0.6 is 0 Å². The molecule has 0 bridgehead atoms. The average molecular weight is 455 g/mol. The lowest BCUT2D eigenvalue weighted by molar-refractivity contribution is -0.143. The van der Waals surface area contributed by atoms with E-state index in [0.717, 1.165) is 42.8 Å². The van der Waals surface area contributed by atoms with E-state index in [-0.39, 0.29) is 36.3 Å². The van der Waals surface area contributed by atoms with E-state index in [1.165, 1.54) is 0 Å². The van der Waals surface area contributed by atoms with Crippen LogP contribution in [0.2, 0.25) is 0 Å². The molecule has 9 heteroatoms. The van der Waals surface area contributed by atoms with E-state index >= 15 is 0 Å². The van der Waals surface area contributed by atoms with Gasteiger partial charge in [-0.15, -0.1) is 0 Å². The first-order valence-corrected chi connectivity index (χ1v) is 11.9. The van der Waals surface area contributed by atoms with E-state index in [2.05, 4.69) is 16.0 Å². The number of hydrogen-bond donors (Lipinski definition) is 3. The lowest BCUT2D eigenvalue weighted by Crippen LogP contribution is -2.68. The molecule has 1 aromatic rings. The van der Waals surface area contributed by atoms with E-state index < -0.39 is 23.8 Å². The summed E-state index contributed by atoms with van der Waals surface area (Å²) in [7, 11) is 0. The third-order valence-corrected chi connectivity index (χ3v) is 7.70. The molecule has 4 amide bonds. The maximum atomic E-state index is 13.3. The molecule has 2 saturated heterocycles. The molecule has 4 atom stereocenters. The summed E-state index contributed by atoms with van der Waals surface area (Å²) in [6.07, 6.45) is 3.60. The molecule has 1 aliphatic carbocycles. The Kier molecular flexibility index (Phi) is 5.80. The number of fused-ring (bicyclic) bond motifs is 1. The first kappa shape index (κ1) is 22.2.